The Labute approximate surface area is 198 Å². The van der Waals surface area contributed by atoms with Crippen LogP contribution in [0.4, 0.5) is 0 Å². The van der Waals surface area contributed by atoms with E-state index >= 15 is 0 Å². The van der Waals surface area contributed by atoms with Gasteiger partial charge in [-0.3, -0.25) is 0 Å². The first-order valence-corrected chi connectivity index (χ1v) is 12.6. The lowest BCUT2D eigenvalue weighted by Crippen LogP contribution is -2.30. The summed E-state index contributed by atoms with van der Waals surface area (Å²) in [4.78, 5) is 2.64. The van der Waals surface area contributed by atoms with Gasteiger partial charge in [-0.05, 0) is 74.5 Å². The van der Waals surface area contributed by atoms with E-state index in [2.05, 4.69) is 59.5 Å². The molecule has 2 atom stereocenters. The molecule has 3 aromatic carbocycles. The fourth-order valence-electron chi connectivity index (χ4n) is 5.54. The third-order valence-electron chi connectivity index (χ3n) is 7.36. The summed E-state index contributed by atoms with van der Waals surface area (Å²) in [6.07, 6.45) is 7.85. The standard InChI is InChI=1S/C30H35NO2/c32-26-16-17-27-29(21-26)33-22-28(24-10-3-1-4-11-24)30(27)25-14-12-23(13-15-25)9-5-8-20-31-18-6-2-7-19-31/h1,3-4,10-17,21,28,30,32H,2,5-9,18-20,22H2. The molecule has 1 fully saturated rings. The number of likely N-dealkylation sites (tertiary alicyclic amines) is 1. The van der Waals surface area contributed by atoms with Crippen molar-refractivity contribution in [2.45, 2.75) is 50.4 Å². The molecule has 0 amide bonds. The first-order valence-electron chi connectivity index (χ1n) is 12.6. The molecule has 3 aromatic rings. The van der Waals surface area contributed by atoms with Gasteiger partial charge in [-0.2, -0.15) is 0 Å². The molecular formula is C30H35NO2. The summed E-state index contributed by atoms with van der Waals surface area (Å²) in [6, 6.07) is 25.5. The van der Waals surface area contributed by atoms with E-state index < -0.39 is 0 Å². The summed E-state index contributed by atoms with van der Waals surface area (Å²) in [5, 5.41) is 9.97. The first-order chi connectivity index (χ1) is 16.3. The predicted octanol–water partition coefficient (Wildman–Crippen LogP) is 6.51. The number of aromatic hydroxyl groups is 1. The number of phenols is 1. The Hall–Kier alpha value is -2.78. The highest BCUT2D eigenvalue weighted by Gasteiger charge is 2.33. The monoisotopic (exact) mass is 441 g/mol. The molecule has 0 aromatic heterocycles. The van der Waals surface area contributed by atoms with E-state index in [0.29, 0.717) is 6.61 Å². The van der Waals surface area contributed by atoms with Gasteiger partial charge in [0, 0.05) is 23.5 Å². The van der Waals surface area contributed by atoms with Crippen LogP contribution in [0.15, 0.2) is 72.8 Å². The summed E-state index contributed by atoms with van der Waals surface area (Å²) in [5.74, 6) is 1.52. The highest BCUT2D eigenvalue weighted by atomic mass is 16.5. The lowest BCUT2D eigenvalue weighted by atomic mass is 9.75. The van der Waals surface area contributed by atoms with Crippen LogP contribution in [0.5, 0.6) is 11.5 Å². The minimum absolute atomic E-state index is 0.213. The van der Waals surface area contributed by atoms with E-state index in [-0.39, 0.29) is 17.6 Å². The zero-order chi connectivity index (χ0) is 22.5. The Kier molecular flexibility index (Phi) is 6.97. The molecule has 0 saturated carbocycles. The molecule has 5 rings (SSSR count). The maximum Gasteiger partial charge on any atom is 0.126 e. The predicted molar refractivity (Wildman–Crippen MR) is 134 cm³/mol. The van der Waals surface area contributed by atoms with Gasteiger partial charge < -0.3 is 14.7 Å². The Balaban J connectivity index is 1.30. The van der Waals surface area contributed by atoms with E-state index in [4.69, 9.17) is 4.74 Å². The number of phenolic OH excluding ortho intramolecular Hbond substituents is 1. The average Bonchev–Trinajstić information content (AvgIpc) is 2.87. The number of aryl methyl sites for hydroxylation is 1. The molecule has 2 aliphatic heterocycles. The van der Waals surface area contributed by atoms with Gasteiger partial charge in [0.15, 0.2) is 0 Å². The molecule has 172 valence electrons. The number of ether oxygens (including phenoxy) is 1. The van der Waals surface area contributed by atoms with Crippen molar-refractivity contribution >= 4 is 0 Å². The molecule has 1 N–H and O–H groups in total. The molecule has 3 nitrogen and oxygen atoms in total. The molecule has 0 radical (unpaired) electrons. The normalized spacial score (nSPS) is 20.7. The van der Waals surface area contributed by atoms with Crippen LogP contribution in [0.2, 0.25) is 0 Å². The van der Waals surface area contributed by atoms with Crippen molar-refractivity contribution < 1.29 is 9.84 Å². The molecule has 1 saturated heterocycles. The summed E-state index contributed by atoms with van der Waals surface area (Å²) >= 11 is 0. The van der Waals surface area contributed by atoms with Gasteiger partial charge in [0.25, 0.3) is 0 Å². The van der Waals surface area contributed by atoms with E-state index in [0.717, 1.165) is 17.7 Å². The van der Waals surface area contributed by atoms with Crippen LogP contribution >= 0.6 is 0 Å². The number of rotatable bonds is 7. The molecular weight excluding hydrogens is 406 g/mol. The summed E-state index contributed by atoms with van der Waals surface area (Å²) < 4.78 is 6.10. The van der Waals surface area contributed by atoms with Crippen molar-refractivity contribution in [3.05, 3.63) is 95.1 Å². The largest absolute Gasteiger partial charge is 0.508 e. The quantitative estimate of drug-likeness (QED) is 0.424. The Bertz CT molecular complexity index is 1020. The van der Waals surface area contributed by atoms with Crippen LogP contribution in [0, 0.1) is 0 Å². The minimum Gasteiger partial charge on any atom is -0.508 e. The topological polar surface area (TPSA) is 32.7 Å². The second-order valence-electron chi connectivity index (χ2n) is 9.63. The zero-order valence-corrected chi connectivity index (χ0v) is 19.5. The third kappa shape index (κ3) is 5.25. The lowest BCUT2D eigenvalue weighted by Gasteiger charge is -2.34. The Morgan fingerprint density at radius 1 is 0.818 bits per heavy atom. The van der Waals surface area contributed by atoms with Crippen LogP contribution in [0.1, 0.15) is 66.2 Å². The maximum absolute atomic E-state index is 9.97. The van der Waals surface area contributed by atoms with Crippen molar-refractivity contribution in [3.63, 3.8) is 0 Å². The molecule has 2 aliphatic rings. The maximum atomic E-state index is 9.97. The zero-order valence-electron chi connectivity index (χ0n) is 19.5. The third-order valence-corrected chi connectivity index (χ3v) is 7.36. The van der Waals surface area contributed by atoms with Gasteiger partial charge in [-0.25, -0.2) is 0 Å². The van der Waals surface area contributed by atoms with Crippen molar-refractivity contribution in [3.8, 4) is 11.5 Å². The lowest BCUT2D eigenvalue weighted by molar-refractivity contribution is 0.225. The van der Waals surface area contributed by atoms with Crippen LogP contribution < -0.4 is 4.74 Å². The summed E-state index contributed by atoms with van der Waals surface area (Å²) in [7, 11) is 0. The Morgan fingerprint density at radius 2 is 1.61 bits per heavy atom. The molecule has 2 unspecified atom stereocenters. The van der Waals surface area contributed by atoms with Gasteiger partial charge in [-0.15, -0.1) is 0 Å². The molecule has 0 aliphatic carbocycles. The molecule has 0 spiro atoms. The van der Waals surface area contributed by atoms with Crippen LogP contribution in [-0.2, 0) is 6.42 Å². The number of fused-ring (bicyclic) bond motifs is 1. The summed E-state index contributed by atoms with van der Waals surface area (Å²) in [6.45, 7) is 4.45. The van der Waals surface area contributed by atoms with Crippen LogP contribution in [0.25, 0.3) is 0 Å². The SMILES string of the molecule is Oc1ccc2c(c1)OCC(c1ccccc1)C2c1ccc(CCCCN2CCCCC2)cc1. The van der Waals surface area contributed by atoms with Crippen molar-refractivity contribution in [2.75, 3.05) is 26.2 Å². The number of unbranched alkanes of at least 4 members (excludes halogenated alkanes) is 1. The summed E-state index contributed by atoms with van der Waals surface area (Å²) in [5.41, 5.74) is 5.19. The van der Waals surface area contributed by atoms with Crippen molar-refractivity contribution in [2.24, 2.45) is 0 Å². The van der Waals surface area contributed by atoms with E-state index in [1.165, 1.54) is 68.4 Å². The number of nitrogens with zero attached hydrogens (tertiary/aromatic N) is 1. The fourth-order valence-corrected chi connectivity index (χ4v) is 5.54. The highest BCUT2D eigenvalue weighted by molar-refractivity contribution is 5.50. The van der Waals surface area contributed by atoms with Gasteiger partial charge in [0.1, 0.15) is 11.5 Å². The van der Waals surface area contributed by atoms with Crippen LogP contribution in [-0.4, -0.2) is 36.2 Å². The molecule has 33 heavy (non-hydrogen) atoms. The second-order valence-corrected chi connectivity index (χ2v) is 9.63. The van der Waals surface area contributed by atoms with Crippen molar-refractivity contribution in [1.29, 1.82) is 0 Å². The molecule has 3 heteroatoms. The number of hydrogen-bond acceptors (Lipinski definition) is 3. The number of hydrogen-bond donors (Lipinski definition) is 1. The van der Waals surface area contributed by atoms with Gasteiger partial charge >= 0.3 is 0 Å². The first kappa shape index (κ1) is 22.0. The van der Waals surface area contributed by atoms with E-state index in [1.807, 2.05) is 6.07 Å². The van der Waals surface area contributed by atoms with Gasteiger partial charge in [0.05, 0.1) is 6.61 Å². The second kappa shape index (κ2) is 10.4. The average molecular weight is 442 g/mol. The van der Waals surface area contributed by atoms with Crippen LogP contribution in [0.3, 0.4) is 0 Å². The van der Waals surface area contributed by atoms with E-state index in [1.54, 1.807) is 12.1 Å². The molecule has 2 heterocycles. The number of piperidine rings is 1. The van der Waals surface area contributed by atoms with Gasteiger partial charge in [-0.1, -0.05) is 67.1 Å². The highest BCUT2D eigenvalue weighted by Crippen LogP contribution is 2.46. The van der Waals surface area contributed by atoms with Gasteiger partial charge in [0.2, 0.25) is 0 Å². The molecule has 0 bridgehead atoms. The smallest absolute Gasteiger partial charge is 0.126 e. The number of benzene rings is 3. The minimum atomic E-state index is 0.213. The van der Waals surface area contributed by atoms with Crippen molar-refractivity contribution in [1.82, 2.24) is 4.90 Å². The Morgan fingerprint density at radius 3 is 2.39 bits per heavy atom. The fraction of sp³-hybridized carbons (Fsp3) is 0.400. The van der Waals surface area contributed by atoms with E-state index in [9.17, 15) is 5.11 Å².